The number of hydrogen-bond acceptors (Lipinski definition) is 4. The molecule has 1 N–H and O–H groups in total. The van der Waals surface area contributed by atoms with Gasteiger partial charge in [0.25, 0.3) is 0 Å². The standard InChI is InChI=1S/C12H19N3O/c1-9-7-15(8-10(2)14-9)12-11(16-3)5-4-6-13-12/h4-6,9-10,14H,7-8H2,1-3H3. The van der Waals surface area contributed by atoms with Crippen molar-refractivity contribution in [2.24, 2.45) is 0 Å². The fourth-order valence-electron chi connectivity index (χ4n) is 2.28. The summed E-state index contributed by atoms with van der Waals surface area (Å²) in [6.07, 6.45) is 1.81. The lowest BCUT2D eigenvalue weighted by molar-refractivity contribution is 0.388. The molecule has 2 rings (SSSR count). The molecule has 1 fully saturated rings. The molecule has 1 aliphatic heterocycles. The number of pyridine rings is 1. The molecule has 2 heterocycles. The third kappa shape index (κ3) is 2.27. The molecular weight excluding hydrogens is 202 g/mol. The first kappa shape index (κ1) is 11.2. The Morgan fingerprint density at radius 3 is 2.69 bits per heavy atom. The van der Waals surface area contributed by atoms with Gasteiger partial charge in [0.15, 0.2) is 11.6 Å². The molecule has 0 aromatic carbocycles. The van der Waals surface area contributed by atoms with Gasteiger partial charge in [-0.25, -0.2) is 4.98 Å². The van der Waals surface area contributed by atoms with Crippen LogP contribution < -0.4 is 15.0 Å². The van der Waals surface area contributed by atoms with Gasteiger partial charge < -0.3 is 15.0 Å². The summed E-state index contributed by atoms with van der Waals surface area (Å²) in [4.78, 5) is 6.70. The number of piperazine rings is 1. The van der Waals surface area contributed by atoms with Gasteiger partial charge in [-0.2, -0.15) is 0 Å². The third-order valence-electron chi connectivity index (χ3n) is 2.83. The zero-order chi connectivity index (χ0) is 11.5. The second kappa shape index (κ2) is 4.70. The Kier molecular flexibility index (Phi) is 3.29. The van der Waals surface area contributed by atoms with Crippen LogP contribution in [0.5, 0.6) is 5.75 Å². The van der Waals surface area contributed by atoms with Gasteiger partial charge in [0.1, 0.15) is 0 Å². The Morgan fingerprint density at radius 1 is 1.38 bits per heavy atom. The summed E-state index contributed by atoms with van der Waals surface area (Å²) in [7, 11) is 1.69. The summed E-state index contributed by atoms with van der Waals surface area (Å²) in [6.45, 7) is 6.32. The molecule has 1 saturated heterocycles. The SMILES string of the molecule is COc1cccnc1N1CC(C)NC(C)C1. The van der Waals surface area contributed by atoms with Gasteiger partial charge in [0.05, 0.1) is 7.11 Å². The van der Waals surface area contributed by atoms with Crippen molar-refractivity contribution in [2.75, 3.05) is 25.1 Å². The second-order valence-electron chi connectivity index (χ2n) is 4.40. The van der Waals surface area contributed by atoms with Gasteiger partial charge in [-0.3, -0.25) is 0 Å². The maximum Gasteiger partial charge on any atom is 0.171 e. The van der Waals surface area contributed by atoms with E-state index in [1.807, 2.05) is 18.3 Å². The number of aromatic nitrogens is 1. The van der Waals surface area contributed by atoms with E-state index in [9.17, 15) is 0 Å². The molecule has 0 amide bonds. The van der Waals surface area contributed by atoms with Gasteiger partial charge in [0.2, 0.25) is 0 Å². The molecule has 0 spiro atoms. The van der Waals surface area contributed by atoms with Crippen molar-refractivity contribution >= 4 is 5.82 Å². The topological polar surface area (TPSA) is 37.4 Å². The first-order valence-corrected chi connectivity index (χ1v) is 5.70. The van der Waals surface area contributed by atoms with Crippen LogP contribution in [0.1, 0.15) is 13.8 Å². The molecule has 0 aliphatic carbocycles. The zero-order valence-electron chi connectivity index (χ0n) is 10.1. The Balaban J connectivity index is 2.22. The molecule has 1 aliphatic rings. The molecule has 2 atom stereocenters. The molecule has 2 unspecified atom stereocenters. The number of rotatable bonds is 2. The first-order valence-electron chi connectivity index (χ1n) is 5.70. The van der Waals surface area contributed by atoms with Crippen LogP contribution in [0.4, 0.5) is 5.82 Å². The molecule has 0 bridgehead atoms. The van der Waals surface area contributed by atoms with Crippen molar-refractivity contribution in [2.45, 2.75) is 25.9 Å². The molecule has 1 aromatic rings. The number of ether oxygens (including phenoxy) is 1. The number of anilines is 1. The van der Waals surface area contributed by atoms with Crippen molar-refractivity contribution in [1.29, 1.82) is 0 Å². The van der Waals surface area contributed by atoms with Gasteiger partial charge in [-0.05, 0) is 26.0 Å². The zero-order valence-corrected chi connectivity index (χ0v) is 10.1. The van der Waals surface area contributed by atoms with Crippen molar-refractivity contribution < 1.29 is 4.74 Å². The summed E-state index contributed by atoms with van der Waals surface area (Å²) in [5.41, 5.74) is 0. The minimum absolute atomic E-state index is 0.482. The van der Waals surface area contributed by atoms with Gasteiger partial charge in [-0.1, -0.05) is 0 Å². The van der Waals surface area contributed by atoms with Crippen LogP contribution in [-0.2, 0) is 0 Å². The Hall–Kier alpha value is -1.29. The summed E-state index contributed by atoms with van der Waals surface area (Å²) in [5, 5.41) is 3.51. The normalized spacial score (nSPS) is 25.6. The van der Waals surface area contributed by atoms with E-state index in [1.165, 1.54) is 0 Å². The molecule has 4 nitrogen and oxygen atoms in total. The lowest BCUT2D eigenvalue weighted by Crippen LogP contribution is -2.54. The van der Waals surface area contributed by atoms with Crippen LogP contribution in [0.3, 0.4) is 0 Å². The Bertz CT molecular complexity index is 346. The highest BCUT2D eigenvalue weighted by Gasteiger charge is 2.23. The van der Waals surface area contributed by atoms with E-state index in [4.69, 9.17) is 4.74 Å². The summed E-state index contributed by atoms with van der Waals surface area (Å²) < 4.78 is 5.34. The van der Waals surface area contributed by atoms with E-state index < -0.39 is 0 Å². The van der Waals surface area contributed by atoms with E-state index in [2.05, 4.69) is 29.0 Å². The highest BCUT2D eigenvalue weighted by Crippen LogP contribution is 2.26. The number of nitrogens with zero attached hydrogens (tertiary/aromatic N) is 2. The number of nitrogens with one attached hydrogen (secondary N) is 1. The van der Waals surface area contributed by atoms with Crippen LogP contribution in [0.25, 0.3) is 0 Å². The average molecular weight is 221 g/mol. The summed E-state index contributed by atoms with van der Waals surface area (Å²) >= 11 is 0. The smallest absolute Gasteiger partial charge is 0.171 e. The Morgan fingerprint density at radius 2 is 2.06 bits per heavy atom. The van der Waals surface area contributed by atoms with Crippen LogP contribution in [0, 0.1) is 0 Å². The van der Waals surface area contributed by atoms with Crippen LogP contribution in [-0.4, -0.2) is 37.3 Å². The Labute approximate surface area is 96.6 Å². The van der Waals surface area contributed by atoms with Crippen molar-refractivity contribution in [3.05, 3.63) is 18.3 Å². The fraction of sp³-hybridized carbons (Fsp3) is 0.583. The van der Waals surface area contributed by atoms with Crippen molar-refractivity contribution in [3.63, 3.8) is 0 Å². The molecule has 88 valence electrons. The fourth-order valence-corrected chi connectivity index (χ4v) is 2.28. The van der Waals surface area contributed by atoms with E-state index in [0.29, 0.717) is 12.1 Å². The highest BCUT2D eigenvalue weighted by molar-refractivity contribution is 5.52. The molecule has 1 aromatic heterocycles. The summed E-state index contributed by atoms with van der Waals surface area (Å²) in [6, 6.07) is 4.82. The van der Waals surface area contributed by atoms with Gasteiger partial charge in [0, 0.05) is 31.4 Å². The molecule has 4 heteroatoms. The van der Waals surface area contributed by atoms with E-state index in [-0.39, 0.29) is 0 Å². The van der Waals surface area contributed by atoms with Gasteiger partial charge in [-0.15, -0.1) is 0 Å². The maximum atomic E-state index is 5.34. The number of methoxy groups -OCH3 is 1. The van der Waals surface area contributed by atoms with E-state index in [0.717, 1.165) is 24.7 Å². The predicted octanol–water partition coefficient (Wildman–Crippen LogP) is 1.28. The predicted molar refractivity (Wildman–Crippen MR) is 65.1 cm³/mol. The molecular formula is C12H19N3O. The maximum absolute atomic E-state index is 5.34. The minimum atomic E-state index is 0.482. The van der Waals surface area contributed by atoms with Crippen LogP contribution >= 0.6 is 0 Å². The third-order valence-corrected chi connectivity index (χ3v) is 2.83. The second-order valence-corrected chi connectivity index (χ2v) is 4.40. The molecule has 16 heavy (non-hydrogen) atoms. The van der Waals surface area contributed by atoms with E-state index >= 15 is 0 Å². The highest BCUT2D eigenvalue weighted by atomic mass is 16.5. The lowest BCUT2D eigenvalue weighted by Gasteiger charge is -2.37. The first-order chi connectivity index (χ1) is 7.70. The monoisotopic (exact) mass is 221 g/mol. The number of hydrogen-bond donors (Lipinski definition) is 1. The minimum Gasteiger partial charge on any atom is -0.493 e. The van der Waals surface area contributed by atoms with E-state index in [1.54, 1.807) is 7.11 Å². The van der Waals surface area contributed by atoms with Gasteiger partial charge >= 0.3 is 0 Å². The van der Waals surface area contributed by atoms with Crippen molar-refractivity contribution in [1.82, 2.24) is 10.3 Å². The van der Waals surface area contributed by atoms with Crippen LogP contribution in [0.15, 0.2) is 18.3 Å². The quantitative estimate of drug-likeness (QED) is 0.816. The average Bonchev–Trinajstić information content (AvgIpc) is 2.27. The van der Waals surface area contributed by atoms with Crippen molar-refractivity contribution in [3.8, 4) is 5.75 Å². The van der Waals surface area contributed by atoms with Crippen LogP contribution in [0.2, 0.25) is 0 Å². The summed E-state index contributed by atoms with van der Waals surface area (Å²) in [5.74, 6) is 1.80. The lowest BCUT2D eigenvalue weighted by atomic mass is 10.1. The largest absolute Gasteiger partial charge is 0.493 e. The molecule has 0 radical (unpaired) electrons. The molecule has 0 saturated carbocycles.